The molecule has 0 amide bonds. The van der Waals surface area contributed by atoms with E-state index in [9.17, 15) is 8.42 Å². The third-order valence-corrected chi connectivity index (χ3v) is 8.50. The summed E-state index contributed by atoms with van der Waals surface area (Å²) in [5.74, 6) is 1.48. The molecule has 1 aliphatic heterocycles. The molecule has 1 saturated heterocycles. The molecule has 0 aliphatic carbocycles. The molecule has 2 aromatic rings. The van der Waals surface area contributed by atoms with Crippen molar-refractivity contribution in [3.63, 3.8) is 0 Å². The number of hydrazine groups is 1. The van der Waals surface area contributed by atoms with Crippen LogP contribution in [0, 0.1) is 0 Å². The zero-order chi connectivity index (χ0) is 24.9. The molecule has 2 aromatic carbocycles. The molecule has 1 fully saturated rings. The van der Waals surface area contributed by atoms with Gasteiger partial charge in [-0.25, -0.2) is 18.4 Å². The van der Waals surface area contributed by atoms with Crippen LogP contribution in [0.15, 0.2) is 48.5 Å². The number of hydrogen-bond donors (Lipinski definition) is 1. The minimum Gasteiger partial charge on any atom is -0.497 e. The van der Waals surface area contributed by atoms with E-state index in [2.05, 4.69) is 24.2 Å². The zero-order valence-corrected chi connectivity index (χ0v) is 21.9. The Kier molecular flexibility index (Phi) is 8.95. The normalized spacial score (nSPS) is 19.8. The maximum absolute atomic E-state index is 14.1. The molecule has 2 atom stereocenters. The van der Waals surface area contributed by atoms with Crippen LogP contribution in [0.5, 0.6) is 11.5 Å². The highest BCUT2D eigenvalue weighted by molar-refractivity contribution is 7.89. The maximum Gasteiger partial charge on any atom is 0.232 e. The van der Waals surface area contributed by atoms with Crippen LogP contribution in [-0.2, 0) is 23.1 Å². The predicted molar refractivity (Wildman–Crippen MR) is 135 cm³/mol. The zero-order valence-electron chi connectivity index (χ0n) is 21.1. The van der Waals surface area contributed by atoms with Crippen molar-refractivity contribution in [3.05, 3.63) is 59.7 Å². The van der Waals surface area contributed by atoms with Crippen LogP contribution in [0.3, 0.4) is 0 Å². The molecule has 1 aliphatic rings. The average molecular weight is 491 g/mol. The summed E-state index contributed by atoms with van der Waals surface area (Å²) in [5, 5.41) is 6.67. The smallest absolute Gasteiger partial charge is 0.232 e. The number of nitrogens with one attached hydrogen (secondary N) is 1. The van der Waals surface area contributed by atoms with Crippen molar-refractivity contribution in [1.82, 2.24) is 19.6 Å². The summed E-state index contributed by atoms with van der Waals surface area (Å²) in [7, 11) is 3.36. The number of ether oxygens (including phenoxy) is 2. The molecule has 8 nitrogen and oxygen atoms in total. The Morgan fingerprint density at radius 2 is 1.44 bits per heavy atom. The molecule has 34 heavy (non-hydrogen) atoms. The van der Waals surface area contributed by atoms with Gasteiger partial charge in [-0.1, -0.05) is 24.3 Å². The van der Waals surface area contributed by atoms with Gasteiger partial charge in [0.05, 0.1) is 14.2 Å². The molecule has 0 saturated carbocycles. The Balaban J connectivity index is 1.93. The summed E-state index contributed by atoms with van der Waals surface area (Å²) in [4.78, 5) is 0. The molecule has 0 bridgehead atoms. The quantitative estimate of drug-likeness (QED) is 0.519. The minimum atomic E-state index is -3.67. The molecule has 9 heteroatoms. The van der Waals surface area contributed by atoms with Crippen molar-refractivity contribution in [3.8, 4) is 11.5 Å². The Bertz CT molecular complexity index is 963. The highest BCUT2D eigenvalue weighted by Gasteiger charge is 2.46. The van der Waals surface area contributed by atoms with Crippen molar-refractivity contribution in [2.24, 2.45) is 0 Å². The summed E-state index contributed by atoms with van der Waals surface area (Å²) in [5.41, 5.74) is 1.82. The first-order chi connectivity index (χ1) is 16.2. The maximum atomic E-state index is 14.1. The number of sulfonamides is 1. The van der Waals surface area contributed by atoms with Crippen molar-refractivity contribution in [2.75, 3.05) is 34.9 Å². The summed E-state index contributed by atoms with van der Waals surface area (Å²) in [6, 6.07) is 15.4. The molecule has 0 aromatic heterocycles. The van der Waals surface area contributed by atoms with E-state index in [1.807, 2.05) is 67.6 Å². The second-order valence-electron chi connectivity index (χ2n) is 8.96. The van der Waals surface area contributed by atoms with Gasteiger partial charge in [-0.15, -0.1) is 0 Å². The van der Waals surface area contributed by atoms with Gasteiger partial charge in [-0.05, 0) is 62.7 Å². The molecule has 2 unspecified atom stereocenters. The summed E-state index contributed by atoms with van der Waals surface area (Å²) >= 11 is 0. The summed E-state index contributed by atoms with van der Waals surface area (Å²) < 4.78 is 40.3. The monoisotopic (exact) mass is 490 g/mol. The topological polar surface area (TPSA) is 74.3 Å². The van der Waals surface area contributed by atoms with Crippen LogP contribution in [0.4, 0.5) is 0 Å². The number of nitrogens with zero attached hydrogens (tertiary/aromatic N) is 3. The first-order valence-corrected chi connectivity index (χ1v) is 13.1. The number of methoxy groups -OCH3 is 2. The van der Waals surface area contributed by atoms with E-state index in [0.29, 0.717) is 6.42 Å². The van der Waals surface area contributed by atoms with Crippen LogP contribution in [-0.4, -0.2) is 75.1 Å². The van der Waals surface area contributed by atoms with Gasteiger partial charge in [0.15, 0.2) is 0 Å². The second kappa shape index (κ2) is 11.5. The number of likely N-dealkylation sites (N-methyl/N-ethyl adjacent to an activating group) is 1. The lowest BCUT2D eigenvalue weighted by molar-refractivity contribution is -0.0164. The number of hydrogen-bond acceptors (Lipinski definition) is 7. The Morgan fingerprint density at radius 1 is 0.971 bits per heavy atom. The van der Waals surface area contributed by atoms with Crippen molar-refractivity contribution in [2.45, 2.75) is 50.8 Å². The Morgan fingerprint density at radius 3 is 1.82 bits per heavy atom. The van der Waals surface area contributed by atoms with Crippen molar-refractivity contribution in [1.29, 1.82) is 0 Å². The van der Waals surface area contributed by atoms with Crippen LogP contribution in [0.25, 0.3) is 0 Å². The third kappa shape index (κ3) is 5.90. The molecule has 3 rings (SSSR count). The molecule has 188 valence electrons. The highest BCUT2D eigenvalue weighted by Crippen LogP contribution is 2.32. The van der Waals surface area contributed by atoms with Gasteiger partial charge in [0, 0.05) is 38.8 Å². The lowest BCUT2D eigenvalue weighted by Gasteiger charge is -2.36. The van der Waals surface area contributed by atoms with Crippen LogP contribution in [0.1, 0.15) is 31.4 Å². The minimum absolute atomic E-state index is 0.110. The van der Waals surface area contributed by atoms with Crippen molar-refractivity contribution < 1.29 is 17.9 Å². The van der Waals surface area contributed by atoms with Gasteiger partial charge in [0.2, 0.25) is 10.0 Å². The Labute approximate surface area is 204 Å². The molecule has 0 spiro atoms. The first-order valence-electron chi connectivity index (χ1n) is 11.6. The van der Waals surface area contributed by atoms with Crippen LogP contribution in [0.2, 0.25) is 0 Å². The summed E-state index contributed by atoms with van der Waals surface area (Å²) in [6.07, 6.45) is 0.541. The van der Waals surface area contributed by atoms with Gasteiger partial charge in [0.1, 0.15) is 16.9 Å². The number of benzene rings is 2. The van der Waals surface area contributed by atoms with E-state index in [0.717, 1.165) is 29.2 Å². The average Bonchev–Trinajstić information content (AvgIpc) is 3.16. The van der Waals surface area contributed by atoms with Crippen LogP contribution < -0.4 is 14.8 Å². The van der Waals surface area contributed by atoms with Crippen molar-refractivity contribution >= 4 is 10.0 Å². The Hall–Kier alpha value is -2.17. The third-order valence-electron chi connectivity index (χ3n) is 6.34. The molecule has 0 radical (unpaired) electrons. The summed E-state index contributed by atoms with van der Waals surface area (Å²) in [6.45, 7) is 5.48. The SMILES string of the molecule is CNCC1CC(S(=O)(=O)N(Cc2ccc(OC)cc2)Cc2ccc(OC)cc2)N(C)N1C(C)C. The van der Waals surface area contributed by atoms with Gasteiger partial charge >= 0.3 is 0 Å². The van der Waals surface area contributed by atoms with Gasteiger partial charge in [0.25, 0.3) is 0 Å². The fourth-order valence-corrected chi connectivity index (χ4v) is 6.65. The van der Waals surface area contributed by atoms with E-state index >= 15 is 0 Å². The lowest BCUT2D eigenvalue weighted by atomic mass is 10.2. The first kappa shape index (κ1) is 26.4. The largest absolute Gasteiger partial charge is 0.497 e. The second-order valence-corrected chi connectivity index (χ2v) is 11.0. The lowest BCUT2D eigenvalue weighted by Crippen LogP contribution is -2.50. The van der Waals surface area contributed by atoms with Gasteiger partial charge in [-0.3, -0.25) is 0 Å². The molecular formula is C25H38N4O4S. The van der Waals surface area contributed by atoms with E-state index in [-0.39, 0.29) is 25.2 Å². The number of rotatable bonds is 11. The fraction of sp³-hybridized carbons (Fsp3) is 0.520. The highest BCUT2D eigenvalue weighted by atomic mass is 32.2. The van der Waals surface area contributed by atoms with Crippen LogP contribution >= 0.6 is 0 Å². The van der Waals surface area contributed by atoms with Gasteiger partial charge < -0.3 is 14.8 Å². The van der Waals surface area contributed by atoms with E-state index in [4.69, 9.17) is 9.47 Å². The van der Waals surface area contributed by atoms with E-state index < -0.39 is 15.4 Å². The fourth-order valence-electron chi connectivity index (χ4n) is 4.69. The molecular weight excluding hydrogens is 452 g/mol. The molecule has 1 heterocycles. The molecule has 1 N–H and O–H groups in total. The van der Waals surface area contributed by atoms with E-state index in [1.165, 1.54) is 0 Å². The van der Waals surface area contributed by atoms with Gasteiger partial charge in [-0.2, -0.15) is 4.31 Å². The predicted octanol–water partition coefficient (Wildman–Crippen LogP) is 2.91. The van der Waals surface area contributed by atoms with E-state index in [1.54, 1.807) is 18.5 Å². The standard InChI is InChI=1S/C25H38N4O4S/c1-19(2)29-22(16-26-3)15-25(27(29)4)34(30,31)28(17-20-7-11-23(32-5)12-8-20)18-21-9-13-24(33-6)14-10-21/h7-14,19,22,25-26H,15-18H2,1-6H3.